The van der Waals surface area contributed by atoms with Crippen molar-refractivity contribution in [3.63, 3.8) is 0 Å². The average molecular weight is 406 g/mol. The van der Waals surface area contributed by atoms with Crippen molar-refractivity contribution in [1.82, 2.24) is 4.90 Å². The van der Waals surface area contributed by atoms with Crippen LogP contribution in [0.1, 0.15) is 45.9 Å². The Labute approximate surface area is 187 Å². The number of hydrogen-bond acceptors (Lipinski definition) is 1. The van der Waals surface area contributed by atoms with Crippen LogP contribution in [0, 0.1) is 6.92 Å². The van der Waals surface area contributed by atoms with Gasteiger partial charge in [0.05, 0.1) is 0 Å². The lowest BCUT2D eigenvalue weighted by Crippen LogP contribution is -2.14. The largest absolute Gasteiger partial charge is 0.363 e. The van der Waals surface area contributed by atoms with Gasteiger partial charge in [-0.1, -0.05) is 92.0 Å². The number of nitrogens with zero attached hydrogens (tertiary/aromatic N) is 1. The molecule has 0 saturated carbocycles. The van der Waals surface area contributed by atoms with E-state index in [4.69, 9.17) is 0 Å². The second kappa shape index (κ2) is 9.22. The van der Waals surface area contributed by atoms with Gasteiger partial charge in [0.25, 0.3) is 0 Å². The Kier molecular flexibility index (Phi) is 6.23. The monoisotopic (exact) mass is 405 g/mol. The van der Waals surface area contributed by atoms with Crippen molar-refractivity contribution in [3.05, 3.63) is 131 Å². The lowest BCUT2D eigenvalue weighted by molar-refractivity contribution is 0.404. The molecule has 0 aromatic heterocycles. The quantitative estimate of drug-likeness (QED) is 0.371. The molecular formula is C30H31N. The first-order valence-electron chi connectivity index (χ1n) is 11.1. The first-order valence-corrected chi connectivity index (χ1v) is 11.1. The van der Waals surface area contributed by atoms with Crippen LogP contribution in [0.3, 0.4) is 0 Å². The van der Waals surface area contributed by atoms with Gasteiger partial charge in [0.15, 0.2) is 0 Å². The van der Waals surface area contributed by atoms with Crippen molar-refractivity contribution in [2.45, 2.75) is 39.8 Å². The third-order valence-electron chi connectivity index (χ3n) is 6.39. The highest BCUT2D eigenvalue weighted by molar-refractivity contribution is 5.74. The molecule has 0 bridgehead atoms. The zero-order chi connectivity index (χ0) is 21.8. The number of benzene rings is 3. The van der Waals surface area contributed by atoms with Crippen molar-refractivity contribution in [3.8, 4) is 0 Å². The van der Waals surface area contributed by atoms with Crippen LogP contribution in [0.5, 0.6) is 0 Å². The van der Waals surface area contributed by atoms with E-state index in [0.717, 1.165) is 31.6 Å². The molecule has 0 unspecified atom stereocenters. The predicted molar refractivity (Wildman–Crippen MR) is 134 cm³/mol. The van der Waals surface area contributed by atoms with E-state index in [-0.39, 0.29) is 0 Å². The minimum atomic E-state index is 0.879. The van der Waals surface area contributed by atoms with E-state index in [1.165, 1.54) is 44.5 Å². The Hall–Kier alpha value is -3.32. The van der Waals surface area contributed by atoms with E-state index in [2.05, 4.69) is 97.8 Å². The van der Waals surface area contributed by atoms with Gasteiger partial charge in [-0.05, 0) is 65.6 Å². The van der Waals surface area contributed by atoms with Crippen LogP contribution in [-0.2, 0) is 25.9 Å². The summed E-state index contributed by atoms with van der Waals surface area (Å²) in [6.45, 7) is 14.4. The van der Waals surface area contributed by atoms with Crippen LogP contribution >= 0.6 is 0 Å². The van der Waals surface area contributed by atoms with E-state index < -0.39 is 0 Å². The van der Waals surface area contributed by atoms with Gasteiger partial charge in [0.2, 0.25) is 0 Å². The highest BCUT2D eigenvalue weighted by atomic mass is 15.2. The summed E-state index contributed by atoms with van der Waals surface area (Å²) in [4.78, 5) is 2.40. The van der Waals surface area contributed by atoms with Gasteiger partial charge in [0.1, 0.15) is 0 Å². The summed E-state index contributed by atoms with van der Waals surface area (Å²) >= 11 is 0. The average Bonchev–Trinajstić information content (AvgIpc) is 3.11. The highest BCUT2D eigenvalue weighted by Gasteiger charge is 2.24. The molecule has 0 fully saturated rings. The van der Waals surface area contributed by atoms with Crippen LogP contribution in [0.15, 0.2) is 92.0 Å². The van der Waals surface area contributed by atoms with E-state index in [9.17, 15) is 0 Å². The molecule has 0 radical (unpaired) electrons. The third-order valence-corrected chi connectivity index (χ3v) is 6.39. The summed E-state index contributed by atoms with van der Waals surface area (Å²) in [6.07, 6.45) is 6.11. The molecule has 1 nitrogen and oxygen atoms in total. The summed E-state index contributed by atoms with van der Waals surface area (Å²) in [5, 5.41) is 0. The van der Waals surface area contributed by atoms with Crippen molar-refractivity contribution < 1.29 is 0 Å². The van der Waals surface area contributed by atoms with Gasteiger partial charge >= 0.3 is 0 Å². The van der Waals surface area contributed by atoms with Crippen LogP contribution in [0.4, 0.5) is 0 Å². The Morgan fingerprint density at radius 1 is 0.935 bits per heavy atom. The fourth-order valence-electron chi connectivity index (χ4n) is 4.56. The first-order chi connectivity index (χ1) is 15.1. The van der Waals surface area contributed by atoms with Gasteiger partial charge < -0.3 is 4.90 Å². The lowest BCUT2D eigenvalue weighted by Gasteiger charge is -2.20. The SMILES string of the molecule is C=C/C(=C\C)c1ccc(CN2Cc3cccc(CCc4ccccc4C)c3C2=C)cc1. The first kappa shape index (κ1) is 20.9. The minimum absolute atomic E-state index is 0.879. The third kappa shape index (κ3) is 4.41. The molecule has 0 atom stereocenters. The Morgan fingerprint density at radius 3 is 2.35 bits per heavy atom. The van der Waals surface area contributed by atoms with Gasteiger partial charge in [0, 0.05) is 24.4 Å². The normalized spacial score (nSPS) is 13.4. The summed E-state index contributed by atoms with van der Waals surface area (Å²) in [5.41, 5.74) is 11.8. The molecule has 1 aliphatic heterocycles. The topological polar surface area (TPSA) is 3.24 Å². The van der Waals surface area contributed by atoms with Crippen LogP contribution in [-0.4, -0.2) is 4.90 Å². The zero-order valence-electron chi connectivity index (χ0n) is 18.7. The van der Waals surface area contributed by atoms with Crippen molar-refractivity contribution >= 4 is 11.3 Å². The Balaban J connectivity index is 1.49. The van der Waals surface area contributed by atoms with Gasteiger partial charge in [-0.3, -0.25) is 0 Å². The number of fused-ring (bicyclic) bond motifs is 1. The molecule has 3 aromatic rings. The van der Waals surface area contributed by atoms with Gasteiger partial charge in [-0.25, -0.2) is 0 Å². The lowest BCUT2D eigenvalue weighted by atomic mass is 9.95. The van der Waals surface area contributed by atoms with Crippen LogP contribution < -0.4 is 0 Å². The number of allylic oxidation sites excluding steroid dienone is 3. The molecule has 1 aliphatic rings. The van der Waals surface area contributed by atoms with E-state index in [1.54, 1.807) is 0 Å². The second-order valence-corrected chi connectivity index (χ2v) is 8.33. The van der Waals surface area contributed by atoms with E-state index >= 15 is 0 Å². The summed E-state index contributed by atoms with van der Waals surface area (Å²) in [7, 11) is 0. The number of hydrogen-bond donors (Lipinski definition) is 0. The molecule has 1 heterocycles. The van der Waals surface area contributed by atoms with Crippen molar-refractivity contribution in [2.75, 3.05) is 0 Å². The van der Waals surface area contributed by atoms with Gasteiger partial charge in [-0.15, -0.1) is 0 Å². The second-order valence-electron chi connectivity index (χ2n) is 8.33. The molecular weight excluding hydrogens is 374 g/mol. The highest BCUT2D eigenvalue weighted by Crippen LogP contribution is 2.36. The molecule has 0 N–H and O–H groups in total. The molecule has 3 aromatic carbocycles. The van der Waals surface area contributed by atoms with E-state index in [0.29, 0.717) is 0 Å². The smallest absolute Gasteiger partial charge is 0.0440 e. The van der Waals surface area contributed by atoms with Crippen LogP contribution in [0.25, 0.3) is 11.3 Å². The minimum Gasteiger partial charge on any atom is -0.363 e. The molecule has 0 spiro atoms. The van der Waals surface area contributed by atoms with Crippen molar-refractivity contribution in [2.24, 2.45) is 0 Å². The maximum Gasteiger partial charge on any atom is 0.0440 e. The molecule has 31 heavy (non-hydrogen) atoms. The molecule has 0 aliphatic carbocycles. The molecule has 4 rings (SSSR count). The summed E-state index contributed by atoms with van der Waals surface area (Å²) in [5.74, 6) is 0. The number of rotatable bonds is 7. The van der Waals surface area contributed by atoms with Crippen molar-refractivity contribution in [1.29, 1.82) is 0 Å². The molecule has 156 valence electrons. The fourth-order valence-corrected chi connectivity index (χ4v) is 4.56. The maximum atomic E-state index is 4.48. The standard InChI is InChI=1S/C30H31N/c1-5-25(6-2)27-16-14-24(15-17-27)20-31-21-29-13-9-12-28(30(29)23(31)4)19-18-26-11-8-7-10-22(26)3/h5-17H,1,4,18-21H2,2-3H3/b25-6+. The summed E-state index contributed by atoms with van der Waals surface area (Å²) < 4.78 is 0. The van der Waals surface area contributed by atoms with Crippen LogP contribution in [0.2, 0.25) is 0 Å². The number of aryl methyl sites for hydroxylation is 3. The molecule has 0 amide bonds. The maximum absolute atomic E-state index is 4.48. The van der Waals surface area contributed by atoms with Gasteiger partial charge in [-0.2, -0.15) is 0 Å². The molecule has 1 heteroatoms. The Morgan fingerprint density at radius 2 is 1.65 bits per heavy atom. The summed E-state index contributed by atoms with van der Waals surface area (Å²) in [6, 6.07) is 24.2. The zero-order valence-corrected chi connectivity index (χ0v) is 18.7. The van der Waals surface area contributed by atoms with E-state index in [1.807, 2.05) is 13.0 Å². The Bertz CT molecular complexity index is 1130. The molecule has 0 saturated heterocycles. The predicted octanol–water partition coefficient (Wildman–Crippen LogP) is 7.36. The fraction of sp³-hybridized carbons (Fsp3) is 0.200.